The van der Waals surface area contributed by atoms with Crippen molar-refractivity contribution in [2.24, 2.45) is 0 Å². The maximum atomic E-state index is 6.44. The van der Waals surface area contributed by atoms with E-state index in [0.29, 0.717) is 51.7 Å². The Bertz CT molecular complexity index is 1680. The molecule has 0 fully saturated rings. The van der Waals surface area contributed by atoms with Gasteiger partial charge in [-0.15, -0.1) is 6.92 Å². The van der Waals surface area contributed by atoms with Crippen LogP contribution in [-0.2, 0) is 21.7 Å². The van der Waals surface area contributed by atoms with Crippen molar-refractivity contribution in [2.45, 2.75) is 53.5 Å². The molecule has 3 aromatic carbocycles. The van der Waals surface area contributed by atoms with Crippen LogP contribution >= 0.6 is 0 Å². The fraction of sp³-hybridized carbons (Fsp3) is 0.436. The summed E-state index contributed by atoms with van der Waals surface area (Å²) in [6, 6.07) is 5.94. The topological polar surface area (TPSA) is 83.1 Å². The maximum Gasteiger partial charge on any atom is 4.00 e. The van der Waals surface area contributed by atoms with Crippen LogP contribution in [0, 0.1) is 26.8 Å². The first-order valence-electron chi connectivity index (χ1n) is 16.0. The van der Waals surface area contributed by atoms with E-state index in [0.717, 1.165) is 49.0 Å². The Morgan fingerprint density at radius 1 is 0.453 bits per heavy atom. The molecule has 0 heterocycles. The molecule has 0 saturated carbocycles. The fourth-order valence-corrected chi connectivity index (χ4v) is 14.5. The molecular weight excluding hydrogens is 795 g/mol. The zero-order valence-electron chi connectivity index (χ0n) is 33.5. The standard InChI is InChI=1S/C39H51O9Si.3ClH.Ti/c1-21-17-27(40-8)36(33(46-14)30(21)43-11)49(39(7)20-24(4)25(5)26(39)6,37-28(41-9)18-22(2)31(44-12)34(37)47-15)38-29(42-10)19-23(3)32(45-13)35(38)48-16;;;;/h17-19H,1-16H3;3*1H;/q-1;;;;+4/p-3. The van der Waals surface area contributed by atoms with Crippen molar-refractivity contribution in [1.82, 2.24) is 0 Å². The van der Waals surface area contributed by atoms with Gasteiger partial charge in [-0.2, -0.15) is 11.1 Å². The molecule has 0 N–H and O–H groups in total. The minimum atomic E-state index is -4.05. The van der Waals surface area contributed by atoms with Gasteiger partial charge in [-0.1, -0.05) is 25.8 Å². The number of hydrogen-bond donors (Lipinski definition) is 0. The van der Waals surface area contributed by atoms with E-state index in [9.17, 15) is 0 Å². The Morgan fingerprint density at radius 3 is 0.906 bits per heavy atom. The van der Waals surface area contributed by atoms with Crippen LogP contribution < -0.4 is 95.4 Å². The van der Waals surface area contributed by atoms with E-state index in [1.54, 1.807) is 64.0 Å². The zero-order valence-corrected chi connectivity index (χ0v) is 38.4. The Hall–Kier alpha value is -2.86. The second-order valence-electron chi connectivity index (χ2n) is 12.4. The molecular formula is C39H51Cl3O9SiTi. The molecule has 9 nitrogen and oxygen atoms in total. The molecule has 1 aliphatic rings. The summed E-state index contributed by atoms with van der Waals surface area (Å²) < 4.78 is 56.9. The van der Waals surface area contributed by atoms with Crippen LogP contribution in [0.3, 0.4) is 0 Å². The van der Waals surface area contributed by atoms with E-state index >= 15 is 0 Å². The third-order valence-corrected chi connectivity index (χ3v) is 15.9. The van der Waals surface area contributed by atoms with Crippen LogP contribution in [0.25, 0.3) is 0 Å². The van der Waals surface area contributed by atoms with Crippen LogP contribution in [0.2, 0.25) is 5.04 Å². The van der Waals surface area contributed by atoms with Gasteiger partial charge < -0.3 is 79.9 Å². The average molecular weight is 846 g/mol. The summed E-state index contributed by atoms with van der Waals surface area (Å²) in [4.78, 5) is 0. The monoisotopic (exact) mass is 844 g/mol. The van der Waals surface area contributed by atoms with Crippen LogP contribution in [0.5, 0.6) is 51.7 Å². The molecule has 4 rings (SSSR count). The summed E-state index contributed by atoms with van der Waals surface area (Å²) in [5, 5.41) is 1.31. The number of halogens is 3. The number of ether oxygens (including phenoxy) is 9. The number of methoxy groups -OCH3 is 9. The first kappa shape index (κ1) is 50.1. The van der Waals surface area contributed by atoms with Gasteiger partial charge in [0.1, 0.15) is 17.2 Å². The third kappa shape index (κ3) is 7.44. The summed E-state index contributed by atoms with van der Waals surface area (Å²) in [6.45, 7) is 14.5. The number of benzene rings is 3. The van der Waals surface area contributed by atoms with E-state index in [2.05, 4.69) is 33.8 Å². The minimum absolute atomic E-state index is 0. The number of allylic oxidation sites excluding steroid dienone is 4. The normalized spacial score (nSPS) is 14.7. The van der Waals surface area contributed by atoms with Gasteiger partial charge in [0.15, 0.2) is 42.6 Å². The van der Waals surface area contributed by atoms with Gasteiger partial charge in [-0.25, -0.2) is 5.57 Å². The van der Waals surface area contributed by atoms with Gasteiger partial charge in [0.2, 0.25) is 0 Å². The molecule has 14 heteroatoms. The van der Waals surface area contributed by atoms with Crippen molar-refractivity contribution in [3.63, 3.8) is 0 Å². The molecule has 0 aliphatic heterocycles. The Kier molecular flexibility index (Phi) is 18.6. The van der Waals surface area contributed by atoms with Crippen LogP contribution in [-0.4, -0.2) is 72.1 Å². The van der Waals surface area contributed by atoms with Gasteiger partial charge in [0.05, 0.1) is 64.0 Å². The average Bonchev–Trinajstić information content (AvgIpc) is 3.30. The quantitative estimate of drug-likeness (QED) is 0.102. The molecule has 0 spiro atoms. The smallest absolute Gasteiger partial charge is 1.00 e. The van der Waals surface area contributed by atoms with Gasteiger partial charge in [0, 0.05) is 15.6 Å². The number of rotatable bonds is 13. The summed E-state index contributed by atoms with van der Waals surface area (Å²) in [5.41, 5.74) is 5.72. The SMILES string of the molecule is COc1cc(C)c(OC)c(OC)c1[Si](c1c(OC)cc(C)c(OC)c1OC)(c1c(OC)cc(C)c(OC)c1OC)C1(C)[C-]=C(C)C(C)=C1C.[Cl-].[Cl-].[Cl-].[Ti+4]. The van der Waals surface area contributed by atoms with Crippen LogP contribution in [0.15, 0.2) is 34.9 Å². The summed E-state index contributed by atoms with van der Waals surface area (Å²) in [5.74, 6) is 4.90. The van der Waals surface area contributed by atoms with Crippen molar-refractivity contribution in [2.75, 3.05) is 64.0 Å². The fourth-order valence-electron chi connectivity index (χ4n) is 7.83. The second kappa shape index (κ2) is 19.6. The van der Waals surface area contributed by atoms with Crippen molar-refractivity contribution in [1.29, 1.82) is 0 Å². The molecule has 1 aliphatic carbocycles. The minimum Gasteiger partial charge on any atom is -1.00 e. The van der Waals surface area contributed by atoms with Gasteiger partial charge in [0.25, 0.3) is 0 Å². The van der Waals surface area contributed by atoms with Gasteiger partial charge in [-0.3, -0.25) is 6.08 Å². The van der Waals surface area contributed by atoms with E-state index < -0.39 is 13.1 Å². The zero-order chi connectivity index (χ0) is 36.6. The van der Waals surface area contributed by atoms with E-state index in [-0.39, 0.29) is 58.9 Å². The first-order chi connectivity index (χ1) is 23.3. The predicted molar refractivity (Wildman–Crippen MR) is 196 cm³/mol. The largest absolute Gasteiger partial charge is 4.00 e. The molecule has 1 unspecified atom stereocenters. The van der Waals surface area contributed by atoms with Crippen LogP contribution in [0.1, 0.15) is 44.4 Å². The molecule has 0 bridgehead atoms. The van der Waals surface area contributed by atoms with Crippen molar-refractivity contribution in [3.05, 3.63) is 57.7 Å². The predicted octanol–water partition coefficient (Wildman–Crippen LogP) is -2.97. The Labute approximate surface area is 350 Å². The van der Waals surface area contributed by atoms with Crippen LogP contribution in [0.4, 0.5) is 0 Å². The number of aryl methyl sites for hydroxylation is 3. The Morgan fingerprint density at radius 2 is 0.717 bits per heavy atom. The van der Waals surface area contributed by atoms with E-state index in [1.165, 1.54) is 0 Å². The molecule has 53 heavy (non-hydrogen) atoms. The molecule has 3 aromatic rings. The third-order valence-electron chi connectivity index (χ3n) is 10.2. The van der Waals surface area contributed by atoms with E-state index in [1.807, 2.05) is 39.0 Å². The van der Waals surface area contributed by atoms with Crippen molar-refractivity contribution < 1.29 is 102 Å². The van der Waals surface area contributed by atoms with Crippen molar-refractivity contribution in [3.8, 4) is 51.7 Å². The molecule has 0 aromatic heterocycles. The molecule has 1 atom stereocenters. The molecule has 0 amide bonds. The number of hydrogen-bond acceptors (Lipinski definition) is 9. The van der Waals surface area contributed by atoms with E-state index in [4.69, 9.17) is 42.6 Å². The Balaban J connectivity index is 0.00000676. The summed E-state index contributed by atoms with van der Waals surface area (Å²) in [7, 11) is 10.8. The second-order valence-corrected chi connectivity index (χ2v) is 16.4. The summed E-state index contributed by atoms with van der Waals surface area (Å²) >= 11 is 0. The molecule has 0 radical (unpaired) electrons. The summed E-state index contributed by atoms with van der Waals surface area (Å²) in [6.07, 6.45) is 3.98. The molecule has 0 saturated heterocycles. The molecule has 290 valence electrons. The van der Waals surface area contributed by atoms with Crippen molar-refractivity contribution >= 4 is 23.6 Å². The van der Waals surface area contributed by atoms with Gasteiger partial charge >= 0.3 is 21.7 Å². The maximum absolute atomic E-state index is 6.44. The van der Waals surface area contributed by atoms with Gasteiger partial charge in [-0.05, 0) is 55.7 Å². The first-order valence-corrected chi connectivity index (χ1v) is 18.0.